The van der Waals surface area contributed by atoms with Crippen molar-refractivity contribution >= 4 is 11.6 Å². The van der Waals surface area contributed by atoms with Crippen LogP contribution in [0.5, 0.6) is 5.75 Å². The summed E-state index contributed by atoms with van der Waals surface area (Å²) in [5.74, 6) is 2.83. The van der Waals surface area contributed by atoms with Crippen molar-refractivity contribution < 1.29 is 9.15 Å². The smallest absolute Gasteiger partial charge is 0.134 e. The predicted octanol–water partition coefficient (Wildman–Crippen LogP) is 5.21. The van der Waals surface area contributed by atoms with Gasteiger partial charge in [-0.3, -0.25) is 4.90 Å². The van der Waals surface area contributed by atoms with Gasteiger partial charge in [-0.05, 0) is 72.5 Å². The zero-order valence-electron chi connectivity index (χ0n) is 14.9. The Morgan fingerprint density at radius 2 is 1.73 bits per heavy atom. The molecule has 3 nitrogen and oxygen atoms in total. The number of methoxy groups -OCH3 is 1. The van der Waals surface area contributed by atoms with Gasteiger partial charge >= 0.3 is 0 Å². The molecule has 0 fully saturated rings. The highest BCUT2D eigenvalue weighted by Gasteiger charge is 2.16. The number of ether oxygens (including phenoxy) is 1. The van der Waals surface area contributed by atoms with Gasteiger partial charge < -0.3 is 9.15 Å². The van der Waals surface area contributed by atoms with Crippen molar-refractivity contribution in [1.29, 1.82) is 0 Å². The molecule has 0 amide bonds. The first kappa shape index (κ1) is 17.2. The first-order valence-corrected chi connectivity index (χ1v) is 9.32. The average Bonchev–Trinajstić information content (AvgIpc) is 3.03. The molecular formula is C22H22ClNO2. The van der Waals surface area contributed by atoms with Crippen LogP contribution in [0.4, 0.5) is 0 Å². The maximum absolute atomic E-state index is 6.06. The first-order valence-electron chi connectivity index (χ1n) is 8.94. The average molecular weight is 368 g/mol. The molecule has 1 aliphatic rings. The molecule has 134 valence electrons. The molecule has 0 saturated carbocycles. The van der Waals surface area contributed by atoms with Crippen LogP contribution in [0.1, 0.15) is 16.9 Å². The molecule has 0 spiro atoms. The molecule has 4 heteroatoms. The largest absolute Gasteiger partial charge is 0.497 e. The Hall–Kier alpha value is -2.23. The van der Waals surface area contributed by atoms with Crippen LogP contribution >= 0.6 is 11.6 Å². The van der Waals surface area contributed by atoms with Gasteiger partial charge in [0.05, 0.1) is 13.7 Å². The summed E-state index contributed by atoms with van der Waals surface area (Å²) in [6, 6.07) is 18.3. The number of benzene rings is 2. The summed E-state index contributed by atoms with van der Waals surface area (Å²) < 4.78 is 11.4. The highest BCUT2D eigenvalue weighted by Crippen LogP contribution is 2.26. The second-order valence-electron chi connectivity index (χ2n) is 6.68. The standard InChI is InChI=1S/C22H22ClNO2/c1-25-20-7-4-16-10-12-24(13-11-18(16)14-20)15-21-8-9-22(26-21)17-2-5-19(23)6-3-17/h2-9,14H,10-13,15H2,1H3. The zero-order valence-corrected chi connectivity index (χ0v) is 15.6. The molecule has 0 aliphatic carbocycles. The Labute approximate surface area is 159 Å². The van der Waals surface area contributed by atoms with E-state index in [1.807, 2.05) is 30.3 Å². The lowest BCUT2D eigenvalue weighted by molar-refractivity contribution is 0.256. The minimum absolute atomic E-state index is 0.737. The van der Waals surface area contributed by atoms with E-state index in [2.05, 4.69) is 29.2 Å². The maximum Gasteiger partial charge on any atom is 0.134 e. The van der Waals surface area contributed by atoms with E-state index in [1.54, 1.807) is 7.11 Å². The van der Waals surface area contributed by atoms with Gasteiger partial charge in [0.1, 0.15) is 17.3 Å². The van der Waals surface area contributed by atoms with Gasteiger partial charge in [-0.2, -0.15) is 0 Å². The number of fused-ring (bicyclic) bond motifs is 1. The zero-order chi connectivity index (χ0) is 17.9. The van der Waals surface area contributed by atoms with Crippen molar-refractivity contribution in [3.63, 3.8) is 0 Å². The molecule has 0 saturated heterocycles. The molecular weight excluding hydrogens is 346 g/mol. The number of halogens is 1. The third-order valence-corrected chi connectivity index (χ3v) is 5.23. The fraction of sp³-hybridized carbons (Fsp3) is 0.273. The molecule has 2 heterocycles. The van der Waals surface area contributed by atoms with Crippen molar-refractivity contribution in [3.05, 3.63) is 76.5 Å². The molecule has 26 heavy (non-hydrogen) atoms. The van der Waals surface area contributed by atoms with Crippen molar-refractivity contribution in [2.24, 2.45) is 0 Å². The van der Waals surface area contributed by atoms with Crippen LogP contribution in [0.15, 0.2) is 59.0 Å². The fourth-order valence-electron chi connectivity index (χ4n) is 3.49. The van der Waals surface area contributed by atoms with E-state index in [9.17, 15) is 0 Å². The van der Waals surface area contributed by atoms with E-state index in [0.29, 0.717) is 0 Å². The maximum atomic E-state index is 6.06. The number of hydrogen-bond acceptors (Lipinski definition) is 3. The monoisotopic (exact) mass is 367 g/mol. The number of furan rings is 1. The Bertz CT molecular complexity index is 885. The van der Waals surface area contributed by atoms with Crippen LogP contribution in [-0.4, -0.2) is 25.1 Å². The molecule has 1 aromatic heterocycles. The number of hydrogen-bond donors (Lipinski definition) is 0. The van der Waals surface area contributed by atoms with Crippen LogP contribution in [-0.2, 0) is 19.4 Å². The summed E-state index contributed by atoms with van der Waals surface area (Å²) in [7, 11) is 1.72. The molecule has 4 rings (SSSR count). The summed E-state index contributed by atoms with van der Waals surface area (Å²) in [6.07, 6.45) is 2.10. The second-order valence-corrected chi connectivity index (χ2v) is 7.12. The van der Waals surface area contributed by atoms with E-state index in [0.717, 1.165) is 60.3 Å². The van der Waals surface area contributed by atoms with Gasteiger partial charge in [-0.25, -0.2) is 0 Å². The van der Waals surface area contributed by atoms with Crippen LogP contribution < -0.4 is 4.74 Å². The van der Waals surface area contributed by atoms with E-state index >= 15 is 0 Å². The lowest BCUT2D eigenvalue weighted by atomic mass is 10.0. The predicted molar refractivity (Wildman–Crippen MR) is 105 cm³/mol. The van der Waals surface area contributed by atoms with E-state index < -0.39 is 0 Å². The molecule has 0 N–H and O–H groups in total. The Morgan fingerprint density at radius 3 is 2.50 bits per heavy atom. The lowest BCUT2D eigenvalue weighted by Crippen LogP contribution is -2.25. The Kier molecular flexibility index (Phi) is 5.00. The first-order chi connectivity index (χ1) is 12.7. The van der Waals surface area contributed by atoms with E-state index in [1.165, 1.54) is 11.1 Å². The van der Waals surface area contributed by atoms with Gasteiger partial charge in [0.15, 0.2) is 0 Å². The Morgan fingerprint density at radius 1 is 0.962 bits per heavy atom. The molecule has 0 unspecified atom stereocenters. The minimum Gasteiger partial charge on any atom is -0.497 e. The Balaban J connectivity index is 1.43. The van der Waals surface area contributed by atoms with Crippen LogP contribution in [0.25, 0.3) is 11.3 Å². The molecule has 1 aliphatic heterocycles. The summed E-state index contributed by atoms with van der Waals surface area (Å²) in [5, 5.41) is 0.737. The topological polar surface area (TPSA) is 25.6 Å². The van der Waals surface area contributed by atoms with Crippen molar-refractivity contribution in [2.45, 2.75) is 19.4 Å². The quantitative estimate of drug-likeness (QED) is 0.633. The minimum atomic E-state index is 0.737. The highest BCUT2D eigenvalue weighted by atomic mass is 35.5. The summed E-state index contributed by atoms with van der Waals surface area (Å²) in [4.78, 5) is 2.46. The van der Waals surface area contributed by atoms with Gasteiger partial charge in [0.25, 0.3) is 0 Å². The molecule has 0 atom stereocenters. The van der Waals surface area contributed by atoms with Crippen LogP contribution in [0, 0.1) is 0 Å². The third kappa shape index (κ3) is 3.79. The molecule has 0 radical (unpaired) electrons. The van der Waals surface area contributed by atoms with Gasteiger partial charge in [0, 0.05) is 23.7 Å². The van der Waals surface area contributed by atoms with Gasteiger partial charge in [-0.1, -0.05) is 17.7 Å². The molecule has 3 aromatic rings. The van der Waals surface area contributed by atoms with Crippen molar-refractivity contribution in [1.82, 2.24) is 4.90 Å². The summed E-state index contributed by atoms with van der Waals surface area (Å²) >= 11 is 5.96. The molecule has 0 bridgehead atoms. The normalized spacial score (nSPS) is 14.7. The second kappa shape index (κ2) is 7.56. The highest BCUT2D eigenvalue weighted by molar-refractivity contribution is 6.30. The molecule has 2 aromatic carbocycles. The van der Waals surface area contributed by atoms with Crippen molar-refractivity contribution in [3.8, 4) is 17.1 Å². The van der Waals surface area contributed by atoms with Gasteiger partial charge in [0.2, 0.25) is 0 Å². The van der Waals surface area contributed by atoms with E-state index in [-0.39, 0.29) is 0 Å². The number of nitrogens with zero attached hydrogens (tertiary/aromatic N) is 1. The van der Waals surface area contributed by atoms with Crippen LogP contribution in [0.2, 0.25) is 5.02 Å². The van der Waals surface area contributed by atoms with E-state index in [4.69, 9.17) is 20.8 Å². The number of rotatable bonds is 4. The summed E-state index contributed by atoms with van der Waals surface area (Å²) in [5.41, 5.74) is 3.87. The summed E-state index contributed by atoms with van der Waals surface area (Å²) in [6.45, 7) is 2.90. The fourth-order valence-corrected chi connectivity index (χ4v) is 3.61. The van der Waals surface area contributed by atoms with Crippen molar-refractivity contribution in [2.75, 3.05) is 20.2 Å². The lowest BCUT2D eigenvalue weighted by Gasteiger charge is -2.18. The third-order valence-electron chi connectivity index (χ3n) is 4.98. The SMILES string of the molecule is COc1ccc2c(c1)CCN(Cc1ccc(-c3ccc(Cl)cc3)o1)CC2. The van der Waals surface area contributed by atoms with Crippen LogP contribution in [0.3, 0.4) is 0 Å². The van der Waals surface area contributed by atoms with Gasteiger partial charge in [-0.15, -0.1) is 0 Å².